The van der Waals surface area contributed by atoms with Gasteiger partial charge in [0.25, 0.3) is 0 Å². The first-order valence-corrected chi connectivity index (χ1v) is 5.34. The zero-order chi connectivity index (χ0) is 10.8. The molecule has 0 spiro atoms. The molecule has 0 aliphatic carbocycles. The van der Waals surface area contributed by atoms with Crippen molar-refractivity contribution in [3.05, 3.63) is 40.3 Å². The van der Waals surface area contributed by atoms with Crippen molar-refractivity contribution in [2.45, 2.75) is 13.5 Å². The van der Waals surface area contributed by atoms with Crippen molar-refractivity contribution >= 4 is 21.7 Å². The molecule has 0 bridgehead atoms. The molecule has 0 aromatic carbocycles. The Morgan fingerprint density at radius 1 is 1.40 bits per heavy atom. The van der Waals surface area contributed by atoms with Gasteiger partial charge in [-0.15, -0.1) is 0 Å². The quantitative estimate of drug-likeness (QED) is 0.905. The average molecular weight is 267 g/mol. The van der Waals surface area contributed by atoms with E-state index >= 15 is 0 Å². The SMILES string of the molecule is Cc1cnn(Cc2ccc(Br)cn2)c1N. The summed E-state index contributed by atoms with van der Waals surface area (Å²) < 4.78 is 2.71. The first kappa shape index (κ1) is 10.2. The molecule has 0 atom stereocenters. The van der Waals surface area contributed by atoms with E-state index in [1.165, 1.54) is 0 Å². The third-order valence-corrected chi connectivity index (χ3v) is 2.64. The van der Waals surface area contributed by atoms with Crippen LogP contribution in [0.5, 0.6) is 0 Å². The summed E-state index contributed by atoms with van der Waals surface area (Å²) in [4.78, 5) is 4.26. The molecule has 0 fully saturated rings. The predicted octanol–water partition coefficient (Wildman–Crippen LogP) is 1.98. The highest BCUT2D eigenvalue weighted by molar-refractivity contribution is 9.10. The van der Waals surface area contributed by atoms with Gasteiger partial charge in [-0.25, -0.2) is 4.68 Å². The molecule has 0 unspecified atom stereocenters. The first-order valence-electron chi connectivity index (χ1n) is 4.55. The van der Waals surface area contributed by atoms with Gasteiger partial charge in [0, 0.05) is 16.2 Å². The summed E-state index contributed by atoms with van der Waals surface area (Å²) >= 11 is 3.34. The smallest absolute Gasteiger partial charge is 0.125 e. The minimum atomic E-state index is 0.604. The maximum absolute atomic E-state index is 5.84. The number of aromatic nitrogens is 3. The highest BCUT2D eigenvalue weighted by Crippen LogP contribution is 2.12. The lowest BCUT2D eigenvalue weighted by molar-refractivity contribution is 0.682. The second-order valence-corrected chi connectivity index (χ2v) is 4.25. The Balaban J connectivity index is 2.22. The number of aryl methyl sites for hydroxylation is 1. The summed E-state index contributed by atoms with van der Waals surface area (Å²) in [5.41, 5.74) is 7.77. The van der Waals surface area contributed by atoms with E-state index in [-0.39, 0.29) is 0 Å². The standard InChI is InChI=1S/C10H11BrN4/c1-7-4-14-15(10(7)12)6-9-3-2-8(11)5-13-9/h2-5H,6,12H2,1H3. The molecule has 78 valence electrons. The second kappa shape index (κ2) is 4.02. The summed E-state index contributed by atoms with van der Waals surface area (Å²) in [7, 11) is 0. The van der Waals surface area contributed by atoms with Crippen LogP contribution in [0.3, 0.4) is 0 Å². The Morgan fingerprint density at radius 3 is 2.73 bits per heavy atom. The van der Waals surface area contributed by atoms with Gasteiger partial charge in [0.05, 0.1) is 18.4 Å². The molecular formula is C10H11BrN4. The molecule has 5 heteroatoms. The molecule has 2 rings (SSSR count). The van der Waals surface area contributed by atoms with E-state index in [1.54, 1.807) is 17.1 Å². The van der Waals surface area contributed by atoms with Crippen molar-refractivity contribution < 1.29 is 0 Å². The van der Waals surface area contributed by atoms with Crippen molar-refractivity contribution in [3.8, 4) is 0 Å². The maximum Gasteiger partial charge on any atom is 0.125 e. The van der Waals surface area contributed by atoms with Crippen molar-refractivity contribution in [2.24, 2.45) is 0 Å². The van der Waals surface area contributed by atoms with Crippen LogP contribution in [0.25, 0.3) is 0 Å². The van der Waals surface area contributed by atoms with Gasteiger partial charge in [-0.3, -0.25) is 4.98 Å². The Hall–Kier alpha value is -1.36. The van der Waals surface area contributed by atoms with Gasteiger partial charge in [-0.05, 0) is 35.0 Å². The van der Waals surface area contributed by atoms with E-state index in [0.29, 0.717) is 12.4 Å². The number of nitrogens with zero attached hydrogens (tertiary/aromatic N) is 3. The first-order chi connectivity index (χ1) is 7.16. The van der Waals surface area contributed by atoms with Gasteiger partial charge < -0.3 is 5.73 Å². The normalized spacial score (nSPS) is 10.5. The molecule has 0 radical (unpaired) electrons. The maximum atomic E-state index is 5.84. The number of rotatable bonds is 2. The van der Waals surface area contributed by atoms with Gasteiger partial charge in [0.1, 0.15) is 5.82 Å². The second-order valence-electron chi connectivity index (χ2n) is 3.34. The topological polar surface area (TPSA) is 56.7 Å². The number of hydrogen-bond donors (Lipinski definition) is 1. The highest BCUT2D eigenvalue weighted by atomic mass is 79.9. The van der Waals surface area contributed by atoms with Crippen LogP contribution in [0.4, 0.5) is 5.82 Å². The average Bonchev–Trinajstić information content (AvgIpc) is 2.53. The van der Waals surface area contributed by atoms with Crippen LogP contribution < -0.4 is 5.73 Å². The van der Waals surface area contributed by atoms with E-state index in [2.05, 4.69) is 26.0 Å². The van der Waals surface area contributed by atoms with Crippen molar-refractivity contribution in [1.29, 1.82) is 0 Å². The van der Waals surface area contributed by atoms with Crippen molar-refractivity contribution in [3.63, 3.8) is 0 Å². The lowest BCUT2D eigenvalue weighted by Crippen LogP contribution is -2.07. The summed E-state index contributed by atoms with van der Waals surface area (Å²) in [6.45, 7) is 2.54. The van der Waals surface area contributed by atoms with Gasteiger partial charge in [0.2, 0.25) is 0 Å². The summed E-state index contributed by atoms with van der Waals surface area (Å²) in [5.74, 6) is 0.694. The van der Waals surface area contributed by atoms with E-state index in [0.717, 1.165) is 15.7 Å². The number of halogens is 1. The fourth-order valence-electron chi connectivity index (χ4n) is 1.27. The molecule has 0 aliphatic rings. The molecule has 2 heterocycles. The number of nitrogen functional groups attached to an aromatic ring is 1. The Kier molecular flexibility index (Phi) is 2.73. The molecule has 0 amide bonds. The van der Waals surface area contributed by atoms with Crippen LogP contribution in [-0.4, -0.2) is 14.8 Å². The summed E-state index contributed by atoms with van der Waals surface area (Å²) in [6.07, 6.45) is 3.52. The minimum Gasteiger partial charge on any atom is -0.384 e. The molecule has 2 aromatic heterocycles. The third kappa shape index (κ3) is 2.18. The van der Waals surface area contributed by atoms with Crippen molar-refractivity contribution in [2.75, 3.05) is 5.73 Å². The lowest BCUT2D eigenvalue weighted by atomic mass is 10.3. The minimum absolute atomic E-state index is 0.604. The van der Waals surface area contributed by atoms with Gasteiger partial charge in [-0.2, -0.15) is 5.10 Å². The van der Waals surface area contributed by atoms with Crippen LogP contribution in [0.2, 0.25) is 0 Å². The van der Waals surface area contributed by atoms with Crippen LogP contribution in [-0.2, 0) is 6.54 Å². The molecule has 4 nitrogen and oxygen atoms in total. The number of nitrogens with two attached hydrogens (primary N) is 1. The molecule has 0 saturated heterocycles. The fraction of sp³-hybridized carbons (Fsp3) is 0.200. The summed E-state index contributed by atoms with van der Waals surface area (Å²) in [5, 5.41) is 4.17. The van der Waals surface area contributed by atoms with E-state index in [9.17, 15) is 0 Å². The molecule has 15 heavy (non-hydrogen) atoms. The van der Waals surface area contributed by atoms with Crippen LogP contribution in [0.1, 0.15) is 11.3 Å². The fourth-order valence-corrected chi connectivity index (χ4v) is 1.50. The van der Waals surface area contributed by atoms with E-state index in [4.69, 9.17) is 5.73 Å². The summed E-state index contributed by atoms with van der Waals surface area (Å²) in [6, 6.07) is 3.90. The molecule has 0 aliphatic heterocycles. The number of pyridine rings is 1. The monoisotopic (exact) mass is 266 g/mol. The van der Waals surface area contributed by atoms with Gasteiger partial charge in [-0.1, -0.05) is 0 Å². The molecular weight excluding hydrogens is 256 g/mol. The van der Waals surface area contributed by atoms with E-state index in [1.807, 2.05) is 19.1 Å². The zero-order valence-electron chi connectivity index (χ0n) is 8.31. The highest BCUT2D eigenvalue weighted by Gasteiger charge is 2.04. The largest absolute Gasteiger partial charge is 0.384 e. The van der Waals surface area contributed by atoms with Gasteiger partial charge >= 0.3 is 0 Å². The molecule has 2 aromatic rings. The zero-order valence-corrected chi connectivity index (χ0v) is 9.90. The van der Waals surface area contributed by atoms with Gasteiger partial charge in [0.15, 0.2) is 0 Å². The van der Waals surface area contributed by atoms with Crippen LogP contribution in [0.15, 0.2) is 29.0 Å². The number of anilines is 1. The van der Waals surface area contributed by atoms with Crippen molar-refractivity contribution in [1.82, 2.24) is 14.8 Å². The van der Waals surface area contributed by atoms with Crippen LogP contribution in [0, 0.1) is 6.92 Å². The predicted molar refractivity (Wildman–Crippen MR) is 62.4 cm³/mol. The Morgan fingerprint density at radius 2 is 2.20 bits per heavy atom. The van der Waals surface area contributed by atoms with Crippen LogP contribution >= 0.6 is 15.9 Å². The Bertz CT molecular complexity index is 461. The lowest BCUT2D eigenvalue weighted by Gasteiger charge is -2.03. The molecule has 2 N–H and O–H groups in total. The number of hydrogen-bond acceptors (Lipinski definition) is 3. The van der Waals surface area contributed by atoms with E-state index < -0.39 is 0 Å². The Labute approximate surface area is 96.3 Å². The molecule has 0 saturated carbocycles. The third-order valence-electron chi connectivity index (χ3n) is 2.17.